The molecule has 1 rings (SSSR count). The number of rotatable bonds is 1. The van der Waals surface area contributed by atoms with E-state index in [0.717, 1.165) is 0 Å². The van der Waals surface area contributed by atoms with E-state index < -0.39 is 0 Å². The fourth-order valence-electron chi connectivity index (χ4n) is 1.36. The van der Waals surface area contributed by atoms with Crippen LogP contribution in [0.15, 0.2) is 0 Å². The van der Waals surface area contributed by atoms with Crippen molar-refractivity contribution in [2.24, 2.45) is 0 Å². The molecular weight excluding hydrogens is 204 g/mol. The molecule has 0 atom stereocenters. The Bertz CT molecular complexity index is 109. The standard InChI is InChI=1S/C8H19N2.BrH/c1-4-10(3)7-5-9(2)6-8-10;/h4-8H2,1-3H3;1H/q+1;/p-1. The third-order valence-electron chi connectivity index (χ3n) is 2.81. The van der Waals surface area contributed by atoms with Crippen molar-refractivity contribution in [2.45, 2.75) is 6.92 Å². The first kappa shape index (κ1) is 11.4. The van der Waals surface area contributed by atoms with Crippen LogP contribution in [-0.2, 0) is 0 Å². The van der Waals surface area contributed by atoms with Crippen LogP contribution in [0.25, 0.3) is 0 Å². The zero-order chi connectivity index (χ0) is 7.61. The van der Waals surface area contributed by atoms with E-state index in [1.807, 2.05) is 0 Å². The summed E-state index contributed by atoms with van der Waals surface area (Å²) in [6, 6.07) is 0. The van der Waals surface area contributed by atoms with Crippen LogP contribution in [0.1, 0.15) is 6.92 Å². The first-order valence-electron chi connectivity index (χ1n) is 4.18. The van der Waals surface area contributed by atoms with Crippen LogP contribution in [0.4, 0.5) is 0 Å². The summed E-state index contributed by atoms with van der Waals surface area (Å²) >= 11 is 0. The fourth-order valence-corrected chi connectivity index (χ4v) is 1.36. The smallest absolute Gasteiger partial charge is 0.0914 e. The van der Waals surface area contributed by atoms with Crippen LogP contribution in [0.2, 0.25) is 0 Å². The maximum Gasteiger partial charge on any atom is 0.0914 e. The highest BCUT2D eigenvalue weighted by Crippen LogP contribution is 2.06. The van der Waals surface area contributed by atoms with Gasteiger partial charge in [0.25, 0.3) is 0 Å². The van der Waals surface area contributed by atoms with E-state index in [2.05, 4.69) is 25.9 Å². The average molecular weight is 223 g/mol. The van der Waals surface area contributed by atoms with Crippen molar-refractivity contribution in [3.8, 4) is 0 Å². The van der Waals surface area contributed by atoms with E-state index in [1.54, 1.807) is 0 Å². The fraction of sp³-hybridized carbons (Fsp3) is 1.00. The normalized spacial score (nSPS) is 24.3. The molecule has 0 saturated carbocycles. The summed E-state index contributed by atoms with van der Waals surface area (Å²) in [6.07, 6.45) is 0. The molecule has 0 unspecified atom stereocenters. The molecule has 1 heterocycles. The highest BCUT2D eigenvalue weighted by molar-refractivity contribution is 4.56. The van der Waals surface area contributed by atoms with E-state index in [4.69, 9.17) is 0 Å². The van der Waals surface area contributed by atoms with E-state index >= 15 is 0 Å². The Labute approximate surface area is 80.5 Å². The highest BCUT2D eigenvalue weighted by Gasteiger charge is 2.24. The van der Waals surface area contributed by atoms with Gasteiger partial charge in [0.1, 0.15) is 0 Å². The number of piperazine rings is 1. The van der Waals surface area contributed by atoms with Gasteiger partial charge in [0.05, 0.1) is 26.7 Å². The van der Waals surface area contributed by atoms with Gasteiger partial charge < -0.3 is 21.5 Å². The molecular formula is C8H19BrN2. The first-order valence-corrected chi connectivity index (χ1v) is 4.18. The number of halogens is 1. The largest absolute Gasteiger partial charge is 1.00 e. The first-order chi connectivity index (χ1) is 4.66. The van der Waals surface area contributed by atoms with Crippen molar-refractivity contribution in [1.82, 2.24) is 4.90 Å². The van der Waals surface area contributed by atoms with Gasteiger partial charge in [-0.05, 0) is 14.0 Å². The number of hydrogen-bond donors (Lipinski definition) is 0. The van der Waals surface area contributed by atoms with Gasteiger partial charge in [-0.2, -0.15) is 0 Å². The third-order valence-corrected chi connectivity index (χ3v) is 2.81. The summed E-state index contributed by atoms with van der Waals surface area (Å²) in [5.74, 6) is 0. The maximum absolute atomic E-state index is 2.41. The molecule has 0 radical (unpaired) electrons. The minimum Gasteiger partial charge on any atom is -1.00 e. The van der Waals surface area contributed by atoms with Crippen LogP contribution in [0, 0.1) is 0 Å². The second-order valence-corrected chi connectivity index (χ2v) is 3.69. The Kier molecular flexibility index (Phi) is 4.59. The lowest BCUT2D eigenvalue weighted by Crippen LogP contribution is -3.00. The molecule has 3 heteroatoms. The van der Waals surface area contributed by atoms with E-state index in [9.17, 15) is 0 Å². The van der Waals surface area contributed by atoms with Gasteiger partial charge in [-0.3, -0.25) is 4.90 Å². The second-order valence-electron chi connectivity index (χ2n) is 3.69. The molecule has 1 aliphatic heterocycles. The molecule has 0 aliphatic carbocycles. The minimum absolute atomic E-state index is 0. The molecule has 0 aromatic rings. The lowest BCUT2D eigenvalue weighted by atomic mass is 10.3. The van der Waals surface area contributed by atoms with Gasteiger partial charge in [0.2, 0.25) is 0 Å². The monoisotopic (exact) mass is 222 g/mol. The molecule has 68 valence electrons. The second kappa shape index (κ2) is 4.43. The molecule has 11 heavy (non-hydrogen) atoms. The molecule has 0 spiro atoms. The Morgan fingerprint density at radius 1 is 1.27 bits per heavy atom. The Morgan fingerprint density at radius 2 is 1.73 bits per heavy atom. The van der Waals surface area contributed by atoms with E-state index in [0.29, 0.717) is 0 Å². The Balaban J connectivity index is 0.000001000. The van der Waals surface area contributed by atoms with Crippen molar-refractivity contribution in [2.75, 3.05) is 46.8 Å². The van der Waals surface area contributed by atoms with Crippen molar-refractivity contribution >= 4 is 0 Å². The number of likely N-dealkylation sites (N-methyl/N-ethyl adjacent to an activating group) is 2. The maximum atomic E-state index is 2.41. The zero-order valence-corrected chi connectivity index (χ0v) is 9.39. The summed E-state index contributed by atoms with van der Waals surface area (Å²) in [4.78, 5) is 2.41. The average Bonchev–Trinajstić information content (AvgIpc) is 1.96. The van der Waals surface area contributed by atoms with Gasteiger partial charge in [-0.1, -0.05) is 0 Å². The van der Waals surface area contributed by atoms with Gasteiger partial charge in [0, 0.05) is 13.1 Å². The summed E-state index contributed by atoms with van der Waals surface area (Å²) < 4.78 is 1.27. The Morgan fingerprint density at radius 3 is 2.09 bits per heavy atom. The molecule has 0 amide bonds. The number of hydrogen-bond acceptors (Lipinski definition) is 1. The van der Waals surface area contributed by atoms with Crippen LogP contribution >= 0.6 is 0 Å². The van der Waals surface area contributed by atoms with Crippen LogP contribution < -0.4 is 17.0 Å². The molecule has 0 N–H and O–H groups in total. The van der Waals surface area contributed by atoms with Crippen molar-refractivity contribution in [3.63, 3.8) is 0 Å². The predicted octanol–water partition coefficient (Wildman–Crippen LogP) is -2.60. The molecule has 0 bridgehead atoms. The van der Waals surface area contributed by atoms with Crippen LogP contribution in [0.5, 0.6) is 0 Å². The summed E-state index contributed by atoms with van der Waals surface area (Å²) in [5, 5.41) is 0. The van der Waals surface area contributed by atoms with Crippen LogP contribution in [0.3, 0.4) is 0 Å². The molecule has 1 aliphatic rings. The molecule has 1 fully saturated rings. The minimum atomic E-state index is 0. The van der Waals surface area contributed by atoms with Crippen molar-refractivity contribution < 1.29 is 21.5 Å². The van der Waals surface area contributed by atoms with Gasteiger partial charge in [-0.15, -0.1) is 0 Å². The predicted molar refractivity (Wildman–Crippen MR) is 44.0 cm³/mol. The number of quaternary nitrogens is 1. The summed E-state index contributed by atoms with van der Waals surface area (Å²) in [5.41, 5.74) is 0. The lowest BCUT2D eigenvalue weighted by molar-refractivity contribution is -0.911. The molecule has 0 aromatic carbocycles. The van der Waals surface area contributed by atoms with E-state index in [-0.39, 0.29) is 17.0 Å². The van der Waals surface area contributed by atoms with Crippen molar-refractivity contribution in [3.05, 3.63) is 0 Å². The Hall–Kier alpha value is 0.400. The summed E-state index contributed by atoms with van der Waals surface area (Å²) in [6.45, 7) is 8.76. The molecule has 2 nitrogen and oxygen atoms in total. The van der Waals surface area contributed by atoms with Gasteiger partial charge in [-0.25, -0.2) is 0 Å². The SMILES string of the molecule is CC[N+]1(C)CCN(C)CC1.[Br-]. The quantitative estimate of drug-likeness (QED) is 0.441. The van der Waals surface area contributed by atoms with Crippen molar-refractivity contribution in [1.29, 1.82) is 0 Å². The lowest BCUT2D eigenvalue weighted by Gasteiger charge is -2.40. The topological polar surface area (TPSA) is 3.24 Å². The third kappa shape index (κ3) is 3.09. The van der Waals surface area contributed by atoms with E-state index in [1.165, 1.54) is 37.2 Å². The molecule has 1 saturated heterocycles. The highest BCUT2D eigenvalue weighted by atomic mass is 79.9. The molecule has 0 aromatic heterocycles. The van der Waals surface area contributed by atoms with Gasteiger partial charge in [0.15, 0.2) is 0 Å². The van der Waals surface area contributed by atoms with Gasteiger partial charge >= 0.3 is 0 Å². The zero-order valence-electron chi connectivity index (χ0n) is 7.81. The van der Waals surface area contributed by atoms with Crippen LogP contribution in [-0.4, -0.2) is 56.2 Å². The number of nitrogens with zero attached hydrogens (tertiary/aromatic N) is 2. The summed E-state index contributed by atoms with van der Waals surface area (Å²) in [7, 11) is 4.56.